The summed E-state index contributed by atoms with van der Waals surface area (Å²) in [7, 11) is 1.42. The zero-order valence-corrected chi connectivity index (χ0v) is 25.0. The summed E-state index contributed by atoms with van der Waals surface area (Å²) in [5, 5.41) is 14.3. The molecule has 2 aliphatic carbocycles. The predicted octanol–water partition coefficient (Wildman–Crippen LogP) is 5.21. The second kappa shape index (κ2) is 10.4. The molecule has 216 valence electrons. The number of ether oxygens (including phenoxy) is 1. The third kappa shape index (κ3) is 4.14. The normalized spacial score (nSPS) is 28.6. The van der Waals surface area contributed by atoms with E-state index in [0.717, 1.165) is 15.3 Å². The number of phenolic OH excluding ortho intramolecular Hbond substituents is 1. The molecule has 4 amide bonds. The van der Waals surface area contributed by atoms with Gasteiger partial charge >= 0.3 is 0 Å². The molecule has 8 nitrogen and oxygen atoms in total. The fourth-order valence-corrected chi connectivity index (χ4v) is 9.06. The van der Waals surface area contributed by atoms with E-state index in [0.29, 0.717) is 18.4 Å². The van der Waals surface area contributed by atoms with Crippen molar-refractivity contribution < 1.29 is 29.0 Å². The molecule has 1 aromatic carbocycles. The van der Waals surface area contributed by atoms with Crippen LogP contribution in [-0.4, -0.2) is 45.6 Å². The second-order valence-electron chi connectivity index (χ2n) is 11.3. The van der Waals surface area contributed by atoms with E-state index in [9.17, 15) is 24.3 Å². The zero-order valence-electron chi connectivity index (χ0n) is 22.6. The first-order chi connectivity index (χ1) is 20.3. The van der Waals surface area contributed by atoms with E-state index in [1.165, 1.54) is 39.6 Å². The molecule has 2 aliphatic heterocycles. The molecule has 3 aromatic rings. The van der Waals surface area contributed by atoms with E-state index in [2.05, 4.69) is 0 Å². The van der Waals surface area contributed by atoms with Gasteiger partial charge in [0.05, 0.1) is 48.9 Å². The molecule has 7 rings (SSSR count). The highest BCUT2D eigenvalue weighted by molar-refractivity contribution is 7.10. The van der Waals surface area contributed by atoms with Crippen LogP contribution < -0.4 is 4.74 Å². The number of rotatable bonds is 6. The Bertz CT molecular complexity index is 1630. The predicted molar refractivity (Wildman–Crippen MR) is 157 cm³/mol. The van der Waals surface area contributed by atoms with Gasteiger partial charge < -0.3 is 9.84 Å². The third-order valence-electron chi connectivity index (χ3n) is 9.25. The number of carbonyl (C=O) groups excluding carboxylic acids is 4. The lowest BCUT2D eigenvalue weighted by molar-refractivity contribution is -0.142. The van der Waals surface area contributed by atoms with Crippen molar-refractivity contribution in [2.45, 2.75) is 31.8 Å². The molecular formula is C31H27ClN2O6S2. The number of aromatic hydroxyl groups is 1. The summed E-state index contributed by atoms with van der Waals surface area (Å²) >= 11 is 9.41. The minimum absolute atomic E-state index is 0.0683. The number of phenols is 1. The summed E-state index contributed by atoms with van der Waals surface area (Å²) in [5.41, 5.74) is 1.50. The average Bonchev–Trinajstić information content (AvgIpc) is 3.78. The molecule has 4 heterocycles. The van der Waals surface area contributed by atoms with Crippen LogP contribution >= 0.6 is 34.3 Å². The maximum absolute atomic E-state index is 14.1. The van der Waals surface area contributed by atoms with Crippen LogP contribution in [0.15, 0.2) is 58.8 Å². The van der Waals surface area contributed by atoms with E-state index in [-0.39, 0.29) is 53.2 Å². The summed E-state index contributed by atoms with van der Waals surface area (Å²) in [6, 6.07) is 10.9. The van der Waals surface area contributed by atoms with Crippen LogP contribution in [-0.2, 0) is 32.3 Å². The van der Waals surface area contributed by atoms with Crippen molar-refractivity contribution in [2.75, 3.05) is 7.11 Å². The smallest absolute Gasteiger partial charge is 0.234 e. The lowest BCUT2D eigenvalue weighted by Crippen LogP contribution is -2.43. The van der Waals surface area contributed by atoms with Crippen LogP contribution in [0.25, 0.3) is 0 Å². The molecule has 42 heavy (non-hydrogen) atoms. The first-order valence-electron chi connectivity index (χ1n) is 13.8. The first-order valence-corrected chi connectivity index (χ1v) is 15.9. The van der Waals surface area contributed by atoms with Crippen molar-refractivity contribution in [3.05, 3.63) is 79.1 Å². The zero-order chi connectivity index (χ0) is 29.3. The maximum atomic E-state index is 14.1. The number of benzene rings is 1. The van der Waals surface area contributed by atoms with Crippen LogP contribution in [0.5, 0.6) is 11.5 Å². The Hall–Kier alpha value is -3.47. The van der Waals surface area contributed by atoms with Gasteiger partial charge in [-0.1, -0.05) is 35.4 Å². The minimum Gasteiger partial charge on any atom is -0.503 e. The van der Waals surface area contributed by atoms with Crippen molar-refractivity contribution in [1.29, 1.82) is 0 Å². The number of fused-ring (bicyclic) bond motifs is 4. The van der Waals surface area contributed by atoms with Crippen LogP contribution in [0, 0.1) is 29.6 Å². The van der Waals surface area contributed by atoms with Crippen LogP contribution in [0.3, 0.4) is 0 Å². The number of hydrogen-bond donors (Lipinski definition) is 1. The monoisotopic (exact) mass is 622 g/mol. The summed E-state index contributed by atoms with van der Waals surface area (Å²) in [4.78, 5) is 60.0. The molecule has 0 bridgehead atoms. The van der Waals surface area contributed by atoms with Gasteiger partial charge in [-0.25, -0.2) is 0 Å². The highest BCUT2D eigenvalue weighted by Crippen LogP contribution is 2.59. The first kappa shape index (κ1) is 27.4. The molecule has 0 spiro atoms. The Morgan fingerprint density at radius 1 is 0.881 bits per heavy atom. The van der Waals surface area contributed by atoms with E-state index < -0.39 is 35.5 Å². The molecule has 2 saturated heterocycles. The molecular weight excluding hydrogens is 596 g/mol. The maximum Gasteiger partial charge on any atom is 0.234 e. The van der Waals surface area contributed by atoms with Gasteiger partial charge in [0.15, 0.2) is 11.5 Å². The highest BCUT2D eigenvalue weighted by atomic mass is 35.5. The lowest BCUT2D eigenvalue weighted by atomic mass is 9.57. The standard InChI is InChI=1S/C31H27ClN2O6S2/c1-40-23-11-15(10-22(32)27(23)35)24-18-6-7-19-25(30(38)33(28(19)36)13-16-4-2-8-41-16)20(18)12-21-26(24)31(39)34(29(21)37)14-17-5-3-9-42-17/h2-6,8-11,19-21,24-26,35H,7,12-14H2,1H3. The van der Waals surface area contributed by atoms with Gasteiger partial charge in [0, 0.05) is 15.7 Å². The number of nitrogens with zero attached hydrogens (tertiary/aromatic N) is 2. The molecule has 6 unspecified atom stereocenters. The van der Waals surface area contributed by atoms with Gasteiger partial charge in [0.25, 0.3) is 0 Å². The van der Waals surface area contributed by atoms with E-state index in [1.54, 1.807) is 12.1 Å². The average molecular weight is 623 g/mol. The number of amides is 4. The molecule has 1 saturated carbocycles. The minimum atomic E-state index is -0.698. The Labute approximate surface area is 255 Å². The molecule has 3 fully saturated rings. The molecule has 0 radical (unpaired) electrons. The number of likely N-dealkylation sites (tertiary alicyclic amines) is 2. The van der Waals surface area contributed by atoms with E-state index >= 15 is 0 Å². The van der Waals surface area contributed by atoms with Crippen LogP contribution in [0.2, 0.25) is 5.02 Å². The number of halogens is 1. The van der Waals surface area contributed by atoms with Gasteiger partial charge in [-0.15, -0.1) is 22.7 Å². The number of thiophene rings is 2. The topological polar surface area (TPSA) is 104 Å². The van der Waals surface area contributed by atoms with Crippen molar-refractivity contribution in [3.8, 4) is 11.5 Å². The van der Waals surface area contributed by atoms with Gasteiger partial charge in [-0.3, -0.25) is 29.0 Å². The summed E-state index contributed by atoms with van der Waals surface area (Å²) < 4.78 is 5.39. The fourth-order valence-electron chi connectivity index (χ4n) is 7.45. The number of methoxy groups -OCH3 is 1. The molecule has 11 heteroatoms. The summed E-state index contributed by atoms with van der Waals surface area (Å²) in [6.07, 6.45) is 2.69. The lowest BCUT2D eigenvalue weighted by Gasteiger charge is -2.44. The molecule has 1 N–H and O–H groups in total. The molecule has 6 atom stereocenters. The number of carbonyl (C=O) groups is 4. The van der Waals surface area contributed by atoms with E-state index in [1.807, 2.05) is 41.1 Å². The van der Waals surface area contributed by atoms with Crippen LogP contribution in [0.4, 0.5) is 0 Å². The number of hydrogen-bond acceptors (Lipinski definition) is 8. The molecule has 2 aromatic heterocycles. The third-order valence-corrected chi connectivity index (χ3v) is 11.3. The van der Waals surface area contributed by atoms with Gasteiger partial charge in [-0.2, -0.15) is 0 Å². The fraction of sp³-hybridized carbons (Fsp3) is 0.355. The largest absolute Gasteiger partial charge is 0.503 e. The second-order valence-corrected chi connectivity index (χ2v) is 13.7. The van der Waals surface area contributed by atoms with Crippen LogP contribution in [0.1, 0.15) is 34.1 Å². The summed E-state index contributed by atoms with van der Waals surface area (Å²) in [5.74, 6) is -4.40. The Morgan fingerprint density at radius 3 is 2.10 bits per heavy atom. The van der Waals surface area contributed by atoms with Gasteiger partial charge in [0.1, 0.15) is 0 Å². The quantitative estimate of drug-likeness (QED) is 0.299. The Balaban J connectivity index is 1.31. The Kier molecular flexibility index (Phi) is 6.75. The SMILES string of the molecule is COc1cc(C2C3=CCC4C(=O)N(Cc5cccs5)C(=O)C4C3CC3C(=O)N(Cc4cccs4)C(=O)C32)cc(Cl)c1O. The highest BCUT2D eigenvalue weighted by Gasteiger charge is 2.62. The van der Waals surface area contributed by atoms with Crippen molar-refractivity contribution >= 4 is 57.9 Å². The Morgan fingerprint density at radius 2 is 1.50 bits per heavy atom. The molecule has 4 aliphatic rings. The summed E-state index contributed by atoms with van der Waals surface area (Å²) in [6.45, 7) is 0.424. The number of allylic oxidation sites excluding steroid dienone is 2. The van der Waals surface area contributed by atoms with Gasteiger partial charge in [0.2, 0.25) is 23.6 Å². The van der Waals surface area contributed by atoms with Gasteiger partial charge in [-0.05, 0) is 59.3 Å². The van der Waals surface area contributed by atoms with Crippen molar-refractivity contribution in [3.63, 3.8) is 0 Å². The van der Waals surface area contributed by atoms with E-state index in [4.69, 9.17) is 16.3 Å². The van der Waals surface area contributed by atoms with Crippen molar-refractivity contribution in [2.24, 2.45) is 29.6 Å². The number of imide groups is 2. The van der Waals surface area contributed by atoms with Crippen molar-refractivity contribution in [1.82, 2.24) is 9.80 Å².